The first-order valence-electron chi connectivity index (χ1n) is 10.2. The number of alkyl carbamates (subject to hydrolysis) is 1. The van der Waals surface area contributed by atoms with Crippen LogP contribution in [0.2, 0.25) is 0 Å². The molecule has 6 nitrogen and oxygen atoms in total. The van der Waals surface area contributed by atoms with Gasteiger partial charge in [-0.3, -0.25) is 14.5 Å². The lowest BCUT2D eigenvalue weighted by Gasteiger charge is -2.30. The van der Waals surface area contributed by atoms with Gasteiger partial charge in [0, 0.05) is 6.54 Å². The number of carbonyl (C=O) groups excluding carboxylic acids is 3. The number of nitrogens with zero attached hydrogens (tertiary/aromatic N) is 1. The summed E-state index contributed by atoms with van der Waals surface area (Å²) < 4.78 is 5.40. The third kappa shape index (κ3) is 4.91. The molecule has 0 spiro atoms. The van der Waals surface area contributed by atoms with Crippen LogP contribution in [0, 0.1) is 5.92 Å². The summed E-state index contributed by atoms with van der Waals surface area (Å²) in [5.74, 6) is -0.0932. The Kier molecular flexibility index (Phi) is 6.06. The second kappa shape index (κ2) is 8.33. The van der Waals surface area contributed by atoms with E-state index in [2.05, 4.69) is 5.32 Å². The van der Waals surface area contributed by atoms with Crippen molar-refractivity contribution in [3.05, 3.63) is 35.4 Å². The van der Waals surface area contributed by atoms with E-state index in [0.717, 1.165) is 19.3 Å². The van der Waals surface area contributed by atoms with Crippen molar-refractivity contribution in [3.63, 3.8) is 0 Å². The number of nitrogens with one attached hydrogen (secondary N) is 1. The molecule has 1 N–H and O–H groups in total. The van der Waals surface area contributed by atoms with Gasteiger partial charge in [-0.25, -0.2) is 4.79 Å². The van der Waals surface area contributed by atoms with Crippen LogP contribution in [0.4, 0.5) is 4.79 Å². The first-order chi connectivity index (χ1) is 13.2. The van der Waals surface area contributed by atoms with Crippen molar-refractivity contribution < 1.29 is 19.1 Å². The average Bonchev–Trinajstić information content (AvgIpc) is 2.86. The van der Waals surface area contributed by atoms with Crippen molar-refractivity contribution in [2.75, 3.05) is 6.54 Å². The number of amides is 3. The molecule has 1 aliphatic heterocycles. The maximum absolute atomic E-state index is 12.7. The van der Waals surface area contributed by atoms with Gasteiger partial charge in [0.25, 0.3) is 11.8 Å². The highest BCUT2D eigenvalue weighted by Gasteiger charge is 2.37. The molecule has 1 aliphatic carbocycles. The quantitative estimate of drug-likeness (QED) is 0.772. The van der Waals surface area contributed by atoms with Crippen LogP contribution in [0.15, 0.2) is 24.3 Å². The molecule has 1 fully saturated rings. The van der Waals surface area contributed by atoms with Gasteiger partial charge >= 0.3 is 6.09 Å². The third-order valence-electron chi connectivity index (χ3n) is 5.34. The topological polar surface area (TPSA) is 75.7 Å². The number of fused-ring (bicyclic) bond motifs is 1. The number of rotatable bonds is 5. The molecule has 1 atom stereocenters. The van der Waals surface area contributed by atoms with Gasteiger partial charge < -0.3 is 10.1 Å². The summed E-state index contributed by atoms with van der Waals surface area (Å²) in [6.07, 6.45) is 6.10. The maximum atomic E-state index is 12.7. The minimum Gasteiger partial charge on any atom is -0.444 e. The van der Waals surface area contributed by atoms with E-state index in [0.29, 0.717) is 17.0 Å². The van der Waals surface area contributed by atoms with E-state index >= 15 is 0 Å². The first kappa shape index (κ1) is 20.4. The van der Waals surface area contributed by atoms with Crippen LogP contribution in [0.1, 0.15) is 80.0 Å². The van der Waals surface area contributed by atoms with Gasteiger partial charge in [-0.15, -0.1) is 0 Å². The van der Waals surface area contributed by atoms with E-state index in [1.165, 1.54) is 24.2 Å². The molecular formula is C22H30N2O4. The molecule has 0 aromatic heterocycles. The highest BCUT2D eigenvalue weighted by atomic mass is 16.6. The van der Waals surface area contributed by atoms with Gasteiger partial charge in [0.1, 0.15) is 5.60 Å². The van der Waals surface area contributed by atoms with Crippen molar-refractivity contribution >= 4 is 17.9 Å². The average molecular weight is 386 g/mol. The Morgan fingerprint density at radius 1 is 1.11 bits per heavy atom. The standard InChI is InChI=1S/C22H30N2O4/c1-22(2,3)28-21(27)23-16(13-15-9-5-4-6-10-15)14-24-19(25)17-11-7-8-12-18(17)20(24)26/h7-8,11-12,15-16H,4-6,9-10,13-14H2,1-3H3,(H,23,27)/t16-/m0/s1. The van der Waals surface area contributed by atoms with E-state index in [9.17, 15) is 14.4 Å². The van der Waals surface area contributed by atoms with Gasteiger partial charge in [0.2, 0.25) is 0 Å². The van der Waals surface area contributed by atoms with Crippen LogP contribution in [0.25, 0.3) is 0 Å². The number of ether oxygens (including phenoxy) is 1. The van der Waals surface area contributed by atoms with Gasteiger partial charge in [-0.1, -0.05) is 44.2 Å². The highest BCUT2D eigenvalue weighted by molar-refractivity contribution is 6.21. The summed E-state index contributed by atoms with van der Waals surface area (Å²) in [5, 5.41) is 2.91. The van der Waals surface area contributed by atoms with Crippen LogP contribution in [0.5, 0.6) is 0 Å². The fourth-order valence-corrected chi connectivity index (χ4v) is 4.10. The smallest absolute Gasteiger partial charge is 0.407 e. The lowest BCUT2D eigenvalue weighted by molar-refractivity contribution is 0.0454. The Morgan fingerprint density at radius 2 is 1.68 bits per heavy atom. The molecular weight excluding hydrogens is 356 g/mol. The number of hydrogen-bond donors (Lipinski definition) is 1. The van der Waals surface area contributed by atoms with Crippen molar-refractivity contribution in [1.29, 1.82) is 0 Å². The van der Waals surface area contributed by atoms with Crippen LogP contribution >= 0.6 is 0 Å². The zero-order valence-electron chi connectivity index (χ0n) is 17.0. The van der Waals surface area contributed by atoms with Crippen molar-refractivity contribution in [2.24, 2.45) is 5.92 Å². The fraction of sp³-hybridized carbons (Fsp3) is 0.591. The summed E-state index contributed by atoms with van der Waals surface area (Å²) in [7, 11) is 0. The van der Waals surface area contributed by atoms with Crippen molar-refractivity contribution in [1.82, 2.24) is 10.2 Å². The molecule has 1 saturated carbocycles. The Morgan fingerprint density at radius 3 is 2.21 bits per heavy atom. The maximum Gasteiger partial charge on any atom is 0.407 e. The summed E-state index contributed by atoms with van der Waals surface area (Å²) in [5.41, 5.74) is 0.261. The lowest BCUT2D eigenvalue weighted by Crippen LogP contribution is -2.48. The number of carbonyl (C=O) groups is 3. The van der Waals surface area contributed by atoms with Crippen LogP contribution < -0.4 is 5.32 Å². The number of hydrogen-bond acceptors (Lipinski definition) is 4. The Labute approximate surface area is 166 Å². The molecule has 0 radical (unpaired) electrons. The van der Waals surface area contributed by atoms with E-state index in [1.807, 2.05) is 20.8 Å². The zero-order chi connectivity index (χ0) is 20.3. The Balaban J connectivity index is 1.72. The minimum atomic E-state index is -0.602. The molecule has 0 bridgehead atoms. The first-order valence-corrected chi connectivity index (χ1v) is 10.2. The van der Waals surface area contributed by atoms with Gasteiger partial charge in [0.15, 0.2) is 0 Å². The summed E-state index contributed by atoms with van der Waals surface area (Å²) in [4.78, 5) is 39.0. The molecule has 152 valence electrons. The third-order valence-corrected chi connectivity index (χ3v) is 5.34. The molecule has 0 saturated heterocycles. The second-order valence-corrected chi connectivity index (χ2v) is 8.85. The summed E-state index contributed by atoms with van der Waals surface area (Å²) in [6.45, 7) is 5.61. The SMILES string of the molecule is CC(C)(C)OC(=O)N[C@@H](CC1CCCCC1)CN1C(=O)c2ccccc2C1=O. The normalized spacial score (nSPS) is 18.8. The van der Waals surface area contributed by atoms with Gasteiger partial charge in [-0.05, 0) is 45.2 Å². The molecule has 28 heavy (non-hydrogen) atoms. The monoisotopic (exact) mass is 386 g/mol. The Bertz CT molecular complexity index is 712. The molecule has 2 aliphatic rings. The van der Waals surface area contributed by atoms with Crippen LogP contribution in [0.3, 0.4) is 0 Å². The highest BCUT2D eigenvalue weighted by Crippen LogP contribution is 2.29. The van der Waals surface area contributed by atoms with Crippen LogP contribution in [-0.2, 0) is 4.74 Å². The lowest BCUT2D eigenvalue weighted by atomic mass is 9.84. The predicted octanol–water partition coefficient (Wildman–Crippen LogP) is 4.15. The number of imide groups is 1. The molecule has 0 unspecified atom stereocenters. The largest absolute Gasteiger partial charge is 0.444 e. The zero-order valence-corrected chi connectivity index (χ0v) is 17.0. The molecule has 1 aromatic carbocycles. The second-order valence-electron chi connectivity index (χ2n) is 8.85. The minimum absolute atomic E-state index is 0.169. The van der Waals surface area contributed by atoms with E-state index in [1.54, 1.807) is 24.3 Å². The number of benzene rings is 1. The van der Waals surface area contributed by atoms with Gasteiger partial charge in [-0.2, -0.15) is 0 Å². The van der Waals surface area contributed by atoms with E-state index in [4.69, 9.17) is 4.74 Å². The summed E-state index contributed by atoms with van der Waals surface area (Å²) in [6, 6.07) is 6.54. The molecule has 1 aromatic rings. The molecule has 1 heterocycles. The van der Waals surface area contributed by atoms with Crippen LogP contribution in [-0.4, -0.2) is 41.0 Å². The van der Waals surface area contributed by atoms with Crippen molar-refractivity contribution in [3.8, 4) is 0 Å². The van der Waals surface area contributed by atoms with Crippen molar-refractivity contribution in [2.45, 2.75) is 70.9 Å². The molecule has 3 rings (SSSR count). The van der Waals surface area contributed by atoms with Gasteiger partial charge in [0.05, 0.1) is 17.2 Å². The Hall–Kier alpha value is -2.37. The van der Waals surface area contributed by atoms with E-state index in [-0.39, 0.29) is 24.4 Å². The molecule has 3 amide bonds. The molecule has 6 heteroatoms. The fourth-order valence-electron chi connectivity index (χ4n) is 4.10. The van der Waals surface area contributed by atoms with E-state index < -0.39 is 11.7 Å². The predicted molar refractivity (Wildman–Crippen MR) is 106 cm³/mol. The summed E-state index contributed by atoms with van der Waals surface area (Å²) >= 11 is 0.